The van der Waals surface area contributed by atoms with E-state index in [0.717, 1.165) is 0 Å². The summed E-state index contributed by atoms with van der Waals surface area (Å²) in [5.74, 6) is -3.51. The molecule has 23 heteroatoms. The van der Waals surface area contributed by atoms with Gasteiger partial charge < -0.3 is 67.0 Å². The number of nitro groups is 1. The van der Waals surface area contributed by atoms with E-state index >= 15 is 0 Å². The first-order chi connectivity index (χ1) is 30.0. The van der Waals surface area contributed by atoms with Crippen molar-refractivity contribution in [3.05, 3.63) is 106 Å². The Kier molecular flexibility index (Phi) is 15.0. The summed E-state index contributed by atoms with van der Waals surface area (Å²) in [6.07, 6.45) is 7.07. The molecule has 23 nitrogen and oxygen atoms in total. The number of nitrogens with one attached hydrogen (secondary N) is 7. The molecule has 4 heterocycles. The molecule has 1 unspecified atom stereocenters. The van der Waals surface area contributed by atoms with Crippen LogP contribution in [0.4, 0.5) is 34.1 Å². The Balaban J connectivity index is 1.19. The van der Waals surface area contributed by atoms with Gasteiger partial charge in [0.25, 0.3) is 29.3 Å². The first-order valence-corrected chi connectivity index (χ1v) is 19.4. The number of non-ortho nitro benzene ring substituents is 1. The lowest BCUT2D eigenvalue weighted by atomic mass is 10.1. The van der Waals surface area contributed by atoms with E-state index in [-0.39, 0.29) is 65.9 Å². The van der Waals surface area contributed by atoms with Crippen LogP contribution in [0.25, 0.3) is 0 Å². The summed E-state index contributed by atoms with van der Waals surface area (Å²) in [6.45, 7) is -0.253. The lowest BCUT2D eigenvalue weighted by molar-refractivity contribution is -0.384. The predicted octanol–water partition coefficient (Wildman–Crippen LogP) is 1.59. The molecule has 7 amide bonds. The SMILES string of the molecule is Cn1cc(NC(=O)c2cc(NC(=O)CN)cn2C)cc1C(=O)NCCCCC(NC(=O)c1cc(NC(=O)c2cc(NC(=O)CN)cn2C)cn1C)C(=O)Nc1ccc([N+](=O)[O-])cc1. The second kappa shape index (κ2) is 20.5. The number of nitrogens with two attached hydrogens (primary N) is 2. The van der Waals surface area contributed by atoms with Gasteiger partial charge in [0.05, 0.1) is 40.8 Å². The average molecular weight is 869 g/mol. The number of nitro benzene ring substituents is 1. The van der Waals surface area contributed by atoms with Crippen LogP contribution < -0.4 is 48.7 Å². The van der Waals surface area contributed by atoms with Gasteiger partial charge >= 0.3 is 0 Å². The van der Waals surface area contributed by atoms with E-state index in [1.54, 1.807) is 51.3 Å². The molecule has 1 atom stereocenters. The molecule has 0 spiro atoms. The molecule has 0 aliphatic rings. The number of carbonyl (C=O) groups excluding carboxylic acids is 7. The highest BCUT2D eigenvalue weighted by Crippen LogP contribution is 2.21. The van der Waals surface area contributed by atoms with Crippen molar-refractivity contribution in [2.24, 2.45) is 39.7 Å². The number of rotatable bonds is 19. The van der Waals surface area contributed by atoms with Crippen LogP contribution in [0.15, 0.2) is 73.3 Å². The Hall–Kier alpha value is -8.05. The molecule has 332 valence electrons. The Labute approximate surface area is 359 Å². The van der Waals surface area contributed by atoms with Gasteiger partial charge in [0.1, 0.15) is 28.8 Å². The maximum Gasteiger partial charge on any atom is 0.272 e. The van der Waals surface area contributed by atoms with E-state index in [2.05, 4.69) is 37.2 Å². The Morgan fingerprint density at radius 3 is 1.41 bits per heavy atom. The first-order valence-electron chi connectivity index (χ1n) is 19.4. The van der Waals surface area contributed by atoms with Crippen LogP contribution in [0, 0.1) is 10.1 Å². The van der Waals surface area contributed by atoms with Gasteiger partial charge in [-0.15, -0.1) is 0 Å². The fraction of sp³-hybridized carbons (Fsp3) is 0.275. The van der Waals surface area contributed by atoms with Crippen LogP contribution in [0.1, 0.15) is 61.2 Å². The third-order valence-corrected chi connectivity index (χ3v) is 9.58. The minimum atomic E-state index is -1.10. The number of amides is 7. The summed E-state index contributed by atoms with van der Waals surface area (Å²) < 4.78 is 6.05. The maximum absolute atomic E-state index is 13.6. The van der Waals surface area contributed by atoms with Crippen molar-refractivity contribution in [2.45, 2.75) is 25.3 Å². The zero-order valence-electron chi connectivity index (χ0n) is 34.8. The van der Waals surface area contributed by atoms with Gasteiger partial charge in [-0.2, -0.15) is 0 Å². The van der Waals surface area contributed by atoms with E-state index in [1.807, 2.05) is 0 Å². The zero-order chi connectivity index (χ0) is 46.0. The van der Waals surface area contributed by atoms with Gasteiger partial charge in [-0.05, 0) is 55.7 Å². The van der Waals surface area contributed by atoms with Gasteiger partial charge in [-0.3, -0.25) is 43.7 Å². The summed E-state index contributed by atoms with van der Waals surface area (Å²) in [7, 11) is 6.48. The fourth-order valence-corrected chi connectivity index (χ4v) is 6.41. The molecule has 0 radical (unpaired) electrons. The third kappa shape index (κ3) is 12.0. The van der Waals surface area contributed by atoms with Crippen LogP contribution in [-0.4, -0.2) is 90.2 Å². The van der Waals surface area contributed by atoms with Crippen molar-refractivity contribution in [2.75, 3.05) is 46.2 Å². The molecule has 4 aromatic heterocycles. The minimum Gasteiger partial charge on any atom is -0.351 e. The van der Waals surface area contributed by atoms with Gasteiger partial charge in [0.2, 0.25) is 17.7 Å². The standard InChI is InChI=1S/C40H48N14O9/c1-50-21-26(47-38(59)31-13-24(19-51(31)2)44-34(55)17-41)15-30(50)37(58)43-12-6-5-7-29(36(57)46-23-8-10-28(11-9-23)54(62)63)49-40(61)33-16-27(22-53(33)4)48-39(60)32-14-25(20-52(32)3)45-35(56)18-42/h8-11,13-16,19-22,29H,5-7,12,17-18,41-42H2,1-4H3,(H,43,58)(H,44,55)(H,45,56)(H,46,57)(H,47,59)(H,48,60)(H,49,61). The van der Waals surface area contributed by atoms with Crippen LogP contribution in [0.5, 0.6) is 0 Å². The van der Waals surface area contributed by atoms with Crippen LogP contribution >= 0.6 is 0 Å². The number of aromatic nitrogens is 4. The highest BCUT2D eigenvalue weighted by Gasteiger charge is 2.25. The minimum absolute atomic E-state index is 0.107. The van der Waals surface area contributed by atoms with E-state index in [4.69, 9.17) is 11.5 Å². The van der Waals surface area contributed by atoms with Crippen LogP contribution in [-0.2, 0) is 42.6 Å². The first kappa shape index (κ1) is 46.0. The summed E-state index contributed by atoms with van der Waals surface area (Å²) in [4.78, 5) is 100. The normalized spacial score (nSPS) is 11.3. The summed E-state index contributed by atoms with van der Waals surface area (Å²) in [5, 5.41) is 30.0. The maximum atomic E-state index is 13.6. The molecule has 5 rings (SSSR count). The number of carbonyl (C=O) groups is 7. The van der Waals surface area contributed by atoms with E-state index in [1.165, 1.54) is 68.4 Å². The Morgan fingerprint density at radius 1 is 0.571 bits per heavy atom. The second-order valence-electron chi connectivity index (χ2n) is 14.4. The molecule has 63 heavy (non-hydrogen) atoms. The molecule has 0 bridgehead atoms. The summed E-state index contributed by atoms with van der Waals surface area (Å²) >= 11 is 0. The van der Waals surface area contributed by atoms with Crippen molar-refractivity contribution < 1.29 is 38.5 Å². The lowest BCUT2D eigenvalue weighted by Crippen LogP contribution is -2.44. The van der Waals surface area contributed by atoms with Crippen molar-refractivity contribution in [3.8, 4) is 0 Å². The predicted molar refractivity (Wildman–Crippen MR) is 232 cm³/mol. The van der Waals surface area contributed by atoms with Crippen LogP contribution in [0.2, 0.25) is 0 Å². The molecule has 11 N–H and O–H groups in total. The number of nitrogens with zero attached hydrogens (tertiary/aromatic N) is 5. The number of anilines is 5. The van der Waals surface area contributed by atoms with Gasteiger partial charge in [0.15, 0.2) is 0 Å². The van der Waals surface area contributed by atoms with E-state index in [0.29, 0.717) is 29.9 Å². The fourth-order valence-electron chi connectivity index (χ4n) is 6.41. The molecule has 5 aromatic rings. The number of aryl methyl sites for hydroxylation is 4. The number of hydrogen-bond acceptors (Lipinski definition) is 11. The summed E-state index contributed by atoms with van der Waals surface area (Å²) in [5.41, 5.74) is 13.0. The zero-order valence-corrected chi connectivity index (χ0v) is 34.8. The molecular weight excluding hydrogens is 821 g/mol. The Bertz CT molecular complexity index is 2550. The quantitative estimate of drug-likeness (QED) is 0.0326. The molecule has 0 saturated heterocycles. The third-order valence-electron chi connectivity index (χ3n) is 9.58. The highest BCUT2D eigenvalue weighted by molar-refractivity contribution is 6.07. The van der Waals surface area contributed by atoms with Crippen LogP contribution in [0.3, 0.4) is 0 Å². The topological polar surface area (TPSA) is 319 Å². The van der Waals surface area contributed by atoms with Crippen molar-refractivity contribution in [1.82, 2.24) is 28.9 Å². The van der Waals surface area contributed by atoms with Crippen molar-refractivity contribution in [1.29, 1.82) is 0 Å². The van der Waals surface area contributed by atoms with Crippen molar-refractivity contribution >= 4 is 75.5 Å². The number of hydrogen-bond donors (Lipinski definition) is 9. The summed E-state index contributed by atoms with van der Waals surface area (Å²) in [6, 6.07) is 9.98. The number of benzene rings is 1. The average Bonchev–Trinajstić information content (AvgIpc) is 4.01. The number of unbranched alkanes of at least 4 members (excludes halogenated alkanes) is 1. The second-order valence-corrected chi connectivity index (χ2v) is 14.4. The largest absolute Gasteiger partial charge is 0.351 e. The molecule has 0 aliphatic carbocycles. The van der Waals surface area contributed by atoms with Gasteiger partial charge in [-0.1, -0.05) is 0 Å². The van der Waals surface area contributed by atoms with Gasteiger partial charge in [0, 0.05) is 77.3 Å². The molecule has 0 saturated carbocycles. The lowest BCUT2D eigenvalue weighted by Gasteiger charge is -2.19. The Morgan fingerprint density at radius 2 is 0.984 bits per heavy atom. The van der Waals surface area contributed by atoms with Gasteiger partial charge in [-0.25, -0.2) is 0 Å². The highest BCUT2D eigenvalue weighted by atomic mass is 16.6. The smallest absolute Gasteiger partial charge is 0.272 e. The molecular formula is C40H48N14O9. The molecule has 1 aromatic carbocycles. The monoisotopic (exact) mass is 868 g/mol. The van der Waals surface area contributed by atoms with Crippen molar-refractivity contribution in [3.63, 3.8) is 0 Å². The molecule has 0 aliphatic heterocycles. The van der Waals surface area contributed by atoms with E-state index < -0.39 is 52.3 Å². The van der Waals surface area contributed by atoms with E-state index in [9.17, 15) is 43.7 Å². The molecule has 0 fully saturated rings.